The standard InChI is InChI=1S/C21H15FN4O2/c22-19-5-2-1-4-16(19)17-12-23-13-18(17)20(27)26-14-6-8-15(9-7-14)28-21-24-10-3-11-25-21/h1-13,23H,(H,26,27). The molecule has 1 amide bonds. The highest BCUT2D eigenvalue weighted by Crippen LogP contribution is 2.27. The summed E-state index contributed by atoms with van der Waals surface area (Å²) >= 11 is 0. The van der Waals surface area contributed by atoms with Gasteiger partial charge in [-0.25, -0.2) is 14.4 Å². The maximum atomic E-state index is 14.1. The number of carbonyl (C=O) groups is 1. The molecule has 6 nitrogen and oxygen atoms in total. The van der Waals surface area contributed by atoms with Crippen LogP contribution in [0.1, 0.15) is 10.4 Å². The number of carbonyl (C=O) groups excluding carboxylic acids is 1. The number of H-pyrrole nitrogens is 1. The minimum absolute atomic E-state index is 0.237. The van der Waals surface area contributed by atoms with Gasteiger partial charge in [0.1, 0.15) is 11.6 Å². The average molecular weight is 374 g/mol. The predicted molar refractivity (Wildman–Crippen MR) is 103 cm³/mol. The lowest BCUT2D eigenvalue weighted by atomic mass is 10.0. The molecule has 0 atom stereocenters. The van der Waals surface area contributed by atoms with Gasteiger partial charge in [-0.15, -0.1) is 0 Å². The van der Waals surface area contributed by atoms with Gasteiger partial charge < -0.3 is 15.0 Å². The number of anilines is 1. The Bertz CT molecular complexity index is 1090. The van der Waals surface area contributed by atoms with E-state index < -0.39 is 0 Å². The second-order valence-electron chi connectivity index (χ2n) is 5.87. The lowest BCUT2D eigenvalue weighted by Gasteiger charge is -2.08. The topological polar surface area (TPSA) is 79.9 Å². The van der Waals surface area contributed by atoms with Gasteiger partial charge in [-0.1, -0.05) is 18.2 Å². The van der Waals surface area contributed by atoms with Gasteiger partial charge in [0.2, 0.25) is 0 Å². The van der Waals surface area contributed by atoms with E-state index in [0.29, 0.717) is 28.1 Å². The predicted octanol–water partition coefficient (Wildman–Crippen LogP) is 4.66. The van der Waals surface area contributed by atoms with Crippen LogP contribution < -0.4 is 10.1 Å². The Kier molecular flexibility index (Phi) is 4.79. The molecule has 0 aliphatic heterocycles. The van der Waals surface area contributed by atoms with Crippen molar-refractivity contribution in [3.05, 3.63) is 90.8 Å². The van der Waals surface area contributed by atoms with E-state index in [0.717, 1.165) is 0 Å². The number of ether oxygens (including phenoxy) is 1. The minimum Gasteiger partial charge on any atom is -0.424 e. The van der Waals surface area contributed by atoms with Crippen LogP contribution in [-0.4, -0.2) is 20.9 Å². The van der Waals surface area contributed by atoms with Crippen LogP contribution in [0, 0.1) is 5.82 Å². The van der Waals surface area contributed by atoms with Gasteiger partial charge in [0.05, 0.1) is 5.56 Å². The van der Waals surface area contributed by atoms with Crippen LogP contribution in [0.2, 0.25) is 0 Å². The smallest absolute Gasteiger partial charge is 0.321 e. The summed E-state index contributed by atoms with van der Waals surface area (Å²) in [6.45, 7) is 0. The van der Waals surface area contributed by atoms with E-state index in [4.69, 9.17) is 4.74 Å². The van der Waals surface area contributed by atoms with Crippen molar-refractivity contribution in [3.8, 4) is 22.9 Å². The molecule has 2 N–H and O–H groups in total. The van der Waals surface area contributed by atoms with Crippen molar-refractivity contribution in [2.75, 3.05) is 5.32 Å². The second kappa shape index (κ2) is 7.71. The highest BCUT2D eigenvalue weighted by molar-refractivity contribution is 6.08. The summed E-state index contributed by atoms with van der Waals surface area (Å²) in [5.74, 6) is -0.196. The van der Waals surface area contributed by atoms with E-state index in [1.807, 2.05) is 0 Å². The SMILES string of the molecule is O=C(Nc1ccc(Oc2ncccn2)cc1)c1c[nH]cc1-c1ccccc1F. The molecule has 7 heteroatoms. The Balaban J connectivity index is 1.49. The maximum absolute atomic E-state index is 14.1. The molecule has 28 heavy (non-hydrogen) atoms. The largest absolute Gasteiger partial charge is 0.424 e. The summed E-state index contributed by atoms with van der Waals surface area (Å²) in [5.41, 5.74) is 1.78. The fraction of sp³-hybridized carbons (Fsp3) is 0. The van der Waals surface area contributed by atoms with E-state index in [2.05, 4.69) is 20.3 Å². The minimum atomic E-state index is -0.388. The first kappa shape index (κ1) is 17.4. The molecule has 2 aromatic carbocycles. The molecule has 0 unspecified atom stereocenters. The van der Waals surface area contributed by atoms with Gasteiger partial charge in [0.25, 0.3) is 5.91 Å². The van der Waals surface area contributed by atoms with Crippen LogP contribution in [0.15, 0.2) is 79.4 Å². The lowest BCUT2D eigenvalue weighted by Crippen LogP contribution is -2.12. The third-order valence-corrected chi connectivity index (χ3v) is 4.02. The van der Waals surface area contributed by atoms with E-state index in [9.17, 15) is 9.18 Å². The van der Waals surface area contributed by atoms with Gasteiger partial charge in [-0.05, 0) is 36.4 Å². The Morgan fingerprint density at radius 1 is 0.929 bits per heavy atom. The van der Waals surface area contributed by atoms with E-state index >= 15 is 0 Å². The zero-order valence-electron chi connectivity index (χ0n) is 14.6. The molecule has 0 fully saturated rings. The first-order chi connectivity index (χ1) is 13.7. The van der Waals surface area contributed by atoms with Crippen molar-refractivity contribution < 1.29 is 13.9 Å². The second-order valence-corrected chi connectivity index (χ2v) is 5.87. The van der Waals surface area contributed by atoms with Crippen molar-refractivity contribution in [1.29, 1.82) is 0 Å². The number of nitrogens with one attached hydrogen (secondary N) is 2. The zero-order chi connectivity index (χ0) is 19.3. The summed E-state index contributed by atoms with van der Waals surface area (Å²) in [4.78, 5) is 23.5. The molecule has 0 bridgehead atoms. The fourth-order valence-corrected chi connectivity index (χ4v) is 2.70. The molecule has 2 heterocycles. The molecule has 0 radical (unpaired) electrons. The van der Waals surface area contributed by atoms with E-state index in [-0.39, 0.29) is 17.7 Å². The van der Waals surface area contributed by atoms with Crippen LogP contribution in [0.4, 0.5) is 10.1 Å². The summed E-state index contributed by atoms with van der Waals surface area (Å²) < 4.78 is 19.6. The number of nitrogens with zero attached hydrogens (tertiary/aromatic N) is 2. The molecule has 0 aliphatic carbocycles. The Labute approximate surface area is 160 Å². The number of amides is 1. The fourth-order valence-electron chi connectivity index (χ4n) is 2.70. The van der Waals surface area contributed by atoms with Crippen LogP contribution in [0.25, 0.3) is 11.1 Å². The normalized spacial score (nSPS) is 10.5. The van der Waals surface area contributed by atoms with Crippen molar-refractivity contribution in [3.63, 3.8) is 0 Å². The van der Waals surface area contributed by atoms with Crippen LogP contribution >= 0.6 is 0 Å². The number of hydrogen-bond donors (Lipinski definition) is 2. The molecule has 0 saturated carbocycles. The third kappa shape index (κ3) is 3.73. The Morgan fingerprint density at radius 2 is 1.68 bits per heavy atom. The number of rotatable bonds is 5. The number of benzene rings is 2. The number of aromatic amines is 1. The Morgan fingerprint density at radius 3 is 2.43 bits per heavy atom. The van der Waals surface area contributed by atoms with E-state index in [1.165, 1.54) is 6.07 Å². The molecule has 4 aromatic rings. The average Bonchev–Trinajstić information content (AvgIpc) is 3.20. The molecule has 4 rings (SSSR count). The van der Waals surface area contributed by atoms with Gasteiger partial charge in [-0.2, -0.15) is 0 Å². The monoisotopic (exact) mass is 374 g/mol. The summed E-state index contributed by atoms with van der Waals surface area (Å²) in [5, 5.41) is 2.80. The summed E-state index contributed by atoms with van der Waals surface area (Å²) in [6, 6.07) is 15.0. The van der Waals surface area contributed by atoms with Crippen LogP contribution in [0.5, 0.6) is 11.8 Å². The van der Waals surface area contributed by atoms with Gasteiger partial charge in [0.15, 0.2) is 0 Å². The van der Waals surface area contributed by atoms with Gasteiger partial charge in [0, 0.05) is 41.6 Å². The first-order valence-electron chi connectivity index (χ1n) is 8.49. The lowest BCUT2D eigenvalue weighted by molar-refractivity contribution is 0.102. The van der Waals surface area contributed by atoms with E-state index in [1.54, 1.807) is 73.3 Å². The van der Waals surface area contributed by atoms with Crippen molar-refractivity contribution >= 4 is 11.6 Å². The van der Waals surface area contributed by atoms with Crippen LogP contribution in [-0.2, 0) is 0 Å². The highest BCUT2D eigenvalue weighted by atomic mass is 19.1. The molecule has 138 valence electrons. The molecular formula is C21H15FN4O2. The first-order valence-corrected chi connectivity index (χ1v) is 8.49. The number of hydrogen-bond acceptors (Lipinski definition) is 4. The van der Waals surface area contributed by atoms with Crippen molar-refractivity contribution in [2.45, 2.75) is 0 Å². The highest BCUT2D eigenvalue weighted by Gasteiger charge is 2.16. The molecule has 0 aliphatic rings. The molecule has 2 aromatic heterocycles. The van der Waals surface area contributed by atoms with Gasteiger partial charge >= 0.3 is 6.01 Å². The number of aromatic nitrogens is 3. The molecule has 0 saturated heterocycles. The molecule has 0 spiro atoms. The van der Waals surface area contributed by atoms with Crippen LogP contribution in [0.3, 0.4) is 0 Å². The summed E-state index contributed by atoms with van der Waals surface area (Å²) in [6.07, 6.45) is 6.31. The van der Waals surface area contributed by atoms with Gasteiger partial charge in [-0.3, -0.25) is 4.79 Å². The Hall–Kier alpha value is -4.00. The maximum Gasteiger partial charge on any atom is 0.321 e. The molecular weight excluding hydrogens is 359 g/mol. The summed E-state index contributed by atoms with van der Waals surface area (Å²) in [7, 11) is 0. The van der Waals surface area contributed by atoms with Crippen molar-refractivity contribution in [2.24, 2.45) is 0 Å². The number of halogens is 1. The van der Waals surface area contributed by atoms with Crippen molar-refractivity contribution in [1.82, 2.24) is 15.0 Å². The zero-order valence-corrected chi connectivity index (χ0v) is 14.6. The quantitative estimate of drug-likeness (QED) is 0.533. The third-order valence-electron chi connectivity index (χ3n) is 4.02.